The third-order valence-corrected chi connectivity index (χ3v) is 3.31. The first-order chi connectivity index (χ1) is 8.45. The Labute approximate surface area is 106 Å². The van der Waals surface area contributed by atoms with Crippen molar-refractivity contribution in [1.29, 1.82) is 0 Å². The van der Waals surface area contributed by atoms with Gasteiger partial charge in [-0.2, -0.15) is 0 Å². The van der Waals surface area contributed by atoms with Gasteiger partial charge < -0.3 is 9.55 Å². The fourth-order valence-electron chi connectivity index (χ4n) is 2.15. The number of hydrogen-bond acceptors (Lipinski definition) is 2. The lowest BCUT2D eigenvalue weighted by molar-refractivity contribution is 0.101. The summed E-state index contributed by atoms with van der Waals surface area (Å²) in [6.45, 7) is 5.27. The van der Waals surface area contributed by atoms with Gasteiger partial charge >= 0.3 is 0 Å². The normalized spacial score (nSPS) is 10.7. The molecule has 18 heavy (non-hydrogen) atoms. The molecule has 4 nitrogen and oxygen atoms in total. The minimum Gasteiger partial charge on any atom is -0.354 e. The molecular formula is C14H16N2O2. The molecule has 0 amide bonds. The van der Waals surface area contributed by atoms with Crippen molar-refractivity contribution >= 4 is 12.1 Å². The third-order valence-electron chi connectivity index (χ3n) is 3.31. The van der Waals surface area contributed by atoms with Gasteiger partial charge in [0.1, 0.15) is 0 Å². The van der Waals surface area contributed by atoms with Gasteiger partial charge in [0.15, 0.2) is 12.1 Å². The molecule has 2 heterocycles. The van der Waals surface area contributed by atoms with Crippen molar-refractivity contribution in [2.75, 3.05) is 0 Å². The Morgan fingerprint density at radius 2 is 2.06 bits per heavy atom. The molecule has 0 aromatic carbocycles. The first-order valence-corrected chi connectivity index (χ1v) is 5.77. The van der Waals surface area contributed by atoms with Crippen LogP contribution >= 0.6 is 0 Å². The number of aryl methyl sites for hydroxylation is 2. The van der Waals surface area contributed by atoms with Crippen LogP contribution in [-0.2, 0) is 7.05 Å². The van der Waals surface area contributed by atoms with E-state index in [4.69, 9.17) is 0 Å². The van der Waals surface area contributed by atoms with Gasteiger partial charge in [-0.25, -0.2) is 0 Å². The predicted molar refractivity (Wildman–Crippen MR) is 70.1 cm³/mol. The zero-order chi connectivity index (χ0) is 13.4. The molecule has 0 aliphatic carbocycles. The van der Waals surface area contributed by atoms with Crippen molar-refractivity contribution in [1.82, 2.24) is 9.55 Å². The number of carbonyl (C=O) groups excluding carboxylic acids is 2. The number of hydrogen-bond donors (Lipinski definition) is 1. The number of ketones is 1. The van der Waals surface area contributed by atoms with Crippen LogP contribution in [0, 0.1) is 13.8 Å². The van der Waals surface area contributed by atoms with Crippen molar-refractivity contribution in [3.05, 3.63) is 34.8 Å². The Morgan fingerprint density at radius 1 is 1.39 bits per heavy atom. The quantitative estimate of drug-likeness (QED) is 0.666. The fraction of sp³-hybridized carbons (Fsp3) is 0.286. The summed E-state index contributed by atoms with van der Waals surface area (Å²) in [5, 5.41) is 0. The summed E-state index contributed by atoms with van der Waals surface area (Å²) in [4.78, 5) is 25.8. The number of H-pyrrole nitrogens is 1. The molecule has 0 aliphatic rings. The molecule has 2 aromatic rings. The first kappa shape index (κ1) is 12.4. The minimum absolute atomic E-state index is 0.0606. The summed E-state index contributed by atoms with van der Waals surface area (Å²) >= 11 is 0. The number of aldehydes is 1. The minimum atomic E-state index is -0.0606. The zero-order valence-electron chi connectivity index (χ0n) is 11.0. The van der Waals surface area contributed by atoms with Gasteiger partial charge in [-0.15, -0.1) is 0 Å². The molecule has 94 valence electrons. The van der Waals surface area contributed by atoms with Crippen LogP contribution in [-0.4, -0.2) is 21.6 Å². The summed E-state index contributed by atoms with van der Waals surface area (Å²) in [5.41, 5.74) is 4.52. The van der Waals surface area contributed by atoms with Gasteiger partial charge in [0, 0.05) is 37.0 Å². The van der Waals surface area contributed by atoms with Crippen molar-refractivity contribution in [2.45, 2.75) is 20.8 Å². The number of rotatable bonds is 3. The van der Waals surface area contributed by atoms with Gasteiger partial charge in [0.25, 0.3) is 0 Å². The number of nitrogens with one attached hydrogen (secondary N) is 1. The molecule has 0 saturated carbocycles. The molecule has 0 aliphatic heterocycles. The van der Waals surface area contributed by atoms with Gasteiger partial charge in [0.05, 0.1) is 11.4 Å². The maximum absolute atomic E-state index is 11.5. The van der Waals surface area contributed by atoms with Gasteiger partial charge in [-0.1, -0.05) is 0 Å². The highest BCUT2D eigenvalue weighted by Crippen LogP contribution is 2.28. The number of aromatic amines is 1. The summed E-state index contributed by atoms with van der Waals surface area (Å²) in [7, 11) is 1.95. The maximum atomic E-state index is 11.5. The standard InChI is InChI=1S/C14H16N2O2/c1-8-5-11(6-16(8)4)14-12(7-17)9(2)13(15-14)10(3)18/h5-7,15H,1-4H3. The van der Waals surface area contributed by atoms with E-state index in [1.165, 1.54) is 6.92 Å². The Balaban J connectivity index is 2.67. The highest BCUT2D eigenvalue weighted by atomic mass is 16.1. The van der Waals surface area contributed by atoms with E-state index in [9.17, 15) is 9.59 Å². The van der Waals surface area contributed by atoms with E-state index >= 15 is 0 Å². The average Bonchev–Trinajstić information content (AvgIpc) is 2.80. The SMILES string of the molecule is CC(=O)c1[nH]c(-c2cc(C)n(C)c2)c(C=O)c1C. The highest BCUT2D eigenvalue weighted by Gasteiger charge is 2.18. The lowest BCUT2D eigenvalue weighted by Crippen LogP contribution is -1.94. The maximum Gasteiger partial charge on any atom is 0.176 e. The number of carbonyl (C=O) groups is 2. The summed E-state index contributed by atoms with van der Waals surface area (Å²) in [6.07, 6.45) is 2.74. The van der Waals surface area contributed by atoms with Crippen molar-refractivity contribution in [3.8, 4) is 11.3 Å². The second kappa shape index (κ2) is 4.29. The van der Waals surface area contributed by atoms with Gasteiger partial charge in [0.2, 0.25) is 0 Å². The second-order valence-corrected chi connectivity index (χ2v) is 4.57. The fourth-order valence-corrected chi connectivity index (χ4v) is 2.15. The molecular weight excluding hydrogens is 228 g/mol. The molecule has 0 bridgehead atoms. The molecule has 1 N–H and O–H groups in total. The average molecular weight is 244 g/mol. The number of nitrogens with zero attached hydrogens (tertiary/aromatic N) is 1. The van der Waals surface area contributed by atoms with E-state index in [0.29, 0.717) is 16.8 Å². The van der Waals surface area contributed by atoms with Crippen molar-refractivity contribution in [2.24, 2.45) is 7.05 Å². The highest BCUT2D eigenvalue weighted by molar-refractivity contribution is 6.00. The molecule has 0 saturated heterocycles. The predicted octanol–water partition coefficient (Wildman–Crippen LogP) is 2.65. The van der Waals surface area contributed by atoms with Crippen LogP contribution in [0.1, 0.15) is 39.0 Å². The van der Waals surface area contributed by atoms with Crippen molar-refractivity contribution in [3.63, 3.8) is 0 Å². The molecule has 0 spiro atoms. The summed E-state index contributed by atoms with van der Waals surface area (Å²) in [6, 6.07) is 1.99. The van der Waals surface area contributed by atoms with Crippen molar-refractivity contribution < 1.29 is 9.59 Å². The van der Waals surface area contributed by atoms with E-state index in [0.717, 1.165) is 23.2 Å². The monoisotopic (exact) mass is 244 g/mol. The summed E-state index contributed by atoms with van der Waals surface area (Å²) in [5.74, 6) is -0.0606. The number of Topliss-reactive ketones (excluding diaryl/α,β-unsaturated/α-hetero) is 1. The van der Waals surface area contributed by atoms with E-state index in [-0.39, 0.29) is 5.78 Å². The van der Waals surface area contributed by atoms with Crippen LogP contribution in [0.15, 0.2) is 12.3 Å². The van der Waals surface area contributed by atoms with Crippen LogP contribution in [0.4, 0.5) is 0 Å². The molecule has 4 heteroatoms. The first-order valence-electron chi connectivity index (χ1n) is 5.77. The smallest absolute Gasteiger partial charge is 0.176 e. The van der Waals surface area contributed by atoms with Crippen LogP contribution in [0.5, 0.6) is 0 Å². The largest absolute Gasteiger partial charge is 0.354 e. The Hall–Kier alpha value is -2.10. The zero-order valence-corrected chi connectivity index (χ0v) is 11.0. The third kappa shape index (κ3) is 1.79. The molecule has 0 radical (unpaired) electrons. The van der Waals surface area contributed by atoms with Crippen LogP contribution in [0.3, 0.4) is 0 Å². The van der Waals surface area contributed by atoms with Crippen LogP contribution in [0.2, 0.25) is 0 Å². The topological polar surface area (TPSA) is 54.9 Å². The number of aromatic nitrogens is 2. The molecule has 0 unspecified atom stereocenters. The van der Waals surface area contributed by atoms with Crippen LogP contribution in [0.25, 0.3) is 11.3 Å². The summed E-state index contributed by atoms with van der Waals surface area (Å²) < 4.78 is 1.98. The van der Waals surface area contributed by atoms with E-state index in [1.807, 2.05) is 30.8 Å². The van der Waals surface area contributed by atoms with Gasteiger partial charge in [-0.3, -0.25) is 9.59 Å². The molecule has 2 rings (SSSR count). The van der Waals surface area contributed by atoms with E-state index in [2.05, 4.69) is 4.98 Å². The second-order valence-electron chi connectivity index (χ2n) is 4.57. The lowest BCUT2D eigenvalue weighted by Gasteiger charge is -1.95. The Kier molecular flexibility index (Phi) is 2.95. The Bertz CT molecular complexity index is 613. The lowest BCUT2D eigenvalue weighted by atomic mass is 10.1. The van der Waals surface area contributed by atoms with Gasteiger partial charge in [-0.05, 0) is 25.5 Å². The molecule has 0 atom stereocenters. The molecule has 2 aromatic heterocycles. The van der Waals surface area contributed by atoms with E-state index in [1.54, 1.807) is 6.92 Å². The van der Waals surface area contributed by atoms with E-state index < -0.39 is 0 Å². The Morgan fingerprint density at radius 3 is 2.50 bits per heavy atom. The van der Waals surface area contributed by atoms with Crippen LogP contribution < -0.4 is 0 Å². The molecule has 0 fully saturated rings.